The maximum absolute atomic E-state index is 11.9. The second-order valence-corrected chi connectivity index (χ2v) is 15.1. The minimum atomic E-state index is -1.11. The van der Waals surface area contributed by atoms with E-state index in [0.717, 1.165) is 69.1 Å². The number of carboxylic acid groups (broad SMARTS) is 2. The summed E-state index contributed by atoms with van der Waals surface area (Å²) < 4.78 is 12.8. The van der Waals surface area contributed by atoms with Crippen LogP contribution < -0.4 is 14.4 Å². The third kappa shape index (κ3) is 15.5. The maximum atomic E-state index is 11.9. The summed E-state index contributed by atoms with van der Waals surface area (Å²) >= 11 is 0. The van der Waals surface area contributed by atoms with Crippen molar-refractivity contribution in [3.63, 3.8) is 0 Å². The van der Waals surface area contributed by atoms with Gasteiger partial charge >= 0.3 is 17.6 Å². The predicted octanol–water partition coefficient (Wildman–Crippen LogP) is 12.7. The molecule has 17 heteroatoms. The zero-order valence-electron chi connectivity index (χ0n) is 36.4. The van der Waals surface area contributed by atoms with Gasteiger partial charge in [-0.1, -0.05) is 79.4 Å². The average Bonchev–Trinajstić information content (AvgIpc) is 3.25. The molecule has 2 N–H and O–H groups in total. The lowest BCUT2D eigenvalue weighted by molar-refractivity contribution is -0.393. The largest absolute Gasteiger partial charge is 0.491 e. The minimum absolute atomic E-state index is 0.0255. The van der Waals surface area contributed by atoms with Crippen LogP contribution in [-0.2, 0) is 9.59 Å². The molecule has 0 aliphatic heterocycles. The highest BCUT2D eigenvalue weighted by atomic mass is 16.6. The number of unbranched alkanes of at least 4 members (excludes halogenated alkanes) is 2. The van der Waals surface area contributed by atoms with Crippen molar-refractivity contribution in [3.8, 4) is 11.5 Å². The van der Waals surface area contributed by atoms with Crippen LogP contribution in [0.5, 0.6) is 11.5 Å². The summed E-state index contributed by atoms with van der Waals surface area (Å²) in [5.41, 5.74) is 1.32. The van der Waals surface area contributed by atoms with E-state index in [9.17, 15) is 40.0 Å². The van der Waals surface area contributed by atoms with Crippen LogP contribution in [0.2, 0.25) is 0 Å². The summed E-state index contributed by atoms with van der Waals surface area (Å²) in [5, 5.41) is 59.8. The molecule has 0 radical (unpaired) electrons. The number of carbonyl (C=O) groups is 2. The van der Waals surface area contributed by atoms with Gasteiger partial charge in [-0.2, -0.15) is 5.11 Å². The molecule has 0 heterocycles. The molecule has 0 aliphatic rings. The van der Waals surface area contributed by atoms with E-state index in [1.165, 1.54) is 6.07 Å². The quantitative estimate of drug-likeness (QED) is 0.0288. The Morgan fingerprint density at radius 1 is 0.694 bits per heavy atom. The number of aliphatic carboxylic acids is 2. The van der Waals surface area contributed by atoms with Crippen molar-refractivity contribution in [1.29, 1.82) is 0 Å². The molecule has 2 unspecified atom stereocenters. The van der Waals surface area contributed by atoms with Crippen molar-refractivity contribution in [1.82, 2.24) is 0 Å². The van der Waals surface area contributed by atoms with Crippen LogP contribution >= 0.6 is 0 Å². The topological polar surface area (TPSA) is 232 Å². The molecule has 3 aromatic carbocycles. The summed E-state index contributed by atoms with van der Waals surface area (Å²) in [5.74, 6) is -1.15. The molecule has 3 aromatic rings. The van der Waals surface area contributed by atoms with Gasteiger partial charge in [-0.25, -0.2) is 9.59 Å². The molecule has 0 spiro atoms. The number of nitro benzene ring substituents is 2. The first-order chi connectivity index (χ1) is 29.6. The number of benzene rings is 3. The number of nitrogens with zero attached hydrogens (tertiary/aromatic N) is 7. The lowest BCUT2D eigenvalue weighted by atomic mass is 10.0. The Bertz CT molecular complexity index is 2090. The van der Waals surface area contributed by atoms with Gasteiger partial charge in [0.2, 0.25) is 0 Å². The van der Waals surface area contributed by atoms with Crippen LogP contribution in [0.25, 0.3) is 0 Å². The monoisotopic (exact) mass is 857 g/mol. The highest BCUT2D eigenvalue weighted by molar-refractivity contribution is 5.86. The molecule has 2 atom stereocenters. The Kier molecular flexibility index (Phi) is 20.3. The standard InChI is InChI=1S/C45H59N7O10/c1-8-12-14-33(10-3)28-61-42-27-40(49-47-38-19-17-36(51(57)58)25-41(38)52(59)60)43(62-29-34(11-4)15-13-9-2)26-39(42)48-46-37-18-16-35(24-32(37)7)50(22-20-30(5)44(53)54)23-21-31(6)45(55)56/h16-19,24-27,33-34H,5-6,8-15,20-23,28-29H2,1-4,7H3,(H,53,54)(H,55,56)/b48-46+,49-47+. The van der Waals surface area contributed by atoms with Gasteiger partial charge in [0, 0.05) is 48.1 Å². The van der Waals surface area contributed by atoms with Crippen molar-refractivity contribution in [2.75, 3.05) is 31.2 Å². The van der Waals surface area contributed by atoms with Crippen molar-refractivity contribution in [2.24, 2.45) is 32.3 Å². The third-order valence-corrected chi connectivity index (χ3v) is 10.5. The van der Waals surface area contributed by atoms with E-state index in [1.807, 2.05) is 17.9 Å². The van der Waals surface area contributed by atoms with Crippen LogP contribution in [0, 0.1) is 39.0 Å². The number of aryl methyl sites for hydroxylation is 1. The summed E-state index contributed by atoms with van der Waals surface area (Å²) in [7, 11) is 0. The molecule has 3 rings (SSSR count). The number of ether oxygens (including phenoxy) is 2. The zero-order chi connectivity index (χ0) is 45.8. The van der Waals surface area contributed by atoms with Crippen LogP contribution in [0.1, 0.15) is 97.5 Å². The van der Waals surface area contributed by atoms with Crippen LogP contribution in [0.3, 0.4) is 0 Å². The smallest absolute Gasteiger partial charge is 0.331 e. The maximum Gasteiger partial charge on any atom is 0.331 e. The lowest BCUT2D eigenvalue weighted by Gasteiger charge is -2.25. The first kappa shape index (κ1) is 49.8. The molecular weight excluding hydrogens is 799 g/mol. The number of azo groups is 2. The molecule has 0 bridgehead atoms. The summed E-state index contributed by atoms with van der Waals surface area (Å²) in [6, 6.07) is 11.8. The molecule has 0 saturated heterocycles. The van der Waals surface area contributed by atoms with Gasteiger partial charge in [-0.3, -0.25) is 20.2 Å². The lowest BCUT2D eigenvalue weighted by Crippen LogP contribution is -2.27. The van der Waals surface area contributed by atoms with Crippen LogP contribution in [-0.4, -0.2) is 58.3 Å². The zero-order valence-corrected chi connectivity index (χ0v) is 36.4. The number of non-ortho nitro benzene ring substituents is 1. The molecular formula is C45H59N7O10. The number of rotatable bonds is 29. The second kappa shape index (κ2) is 25.3. The Labute approximate surface area is 362 Å². The number of nitro groups is 2. The Morgan fingerprint density at radius 2 is 1.16 bits per heavy atom. The minimum Gasteiger partial charge on any atom is -0.491 e. The molecule has 62 heavy (non-hydrogen) atoms. The predicted molar refractivity (Wildman–Crippen MR) is 238 cm³/mol. The Hall–Kier alpha value is -6.52. The van der Waals surface area contributed by atoms with Gasteiger partial charge < -0.3 is 24.6 Å². The third-order valence-electron chi connectivity index (χ3n) is 10.5. The van der Waals surface area contributed by atoms with Crippen molar-refractivity contribution in [2.45, 2.75) is 98.8 Å². The van der Waals surface area contributed by atoms with E-state index in [4.69, 9.17) is 9.47 Å². The van der Waals surface area contributed by atoms with Gasteiger partial charge in [-0.15, -0.1) is 15.3 Å². The Morgan fingerprint density at radius 3 is 1.58 bits per heavy atom. The molecule has 334 valence electrons. The fourth-order valence-corrected chi connectivity index (χ4v) is 6.28. The van der Waals surface area contributed by atoms with E-state index in [-0.39, 0.29) is 66.0 Å². The number of anilines is 1. The molecule has 0 fully saturated rings. The molecule has 0 aliphatic carbocycles. The van der Waals surface area contributed by atoms with E-state index >= 15 is 0 Å². The summed E-state index contributed by atoms with van der Waals surface area (Å²) in [6.07, 6.45) is 8.04. The van der Waals surface area contributed by atoms with Crippen molar-refractivity contribution >= 4 is 51.8 Å². The first-order valence-corrected chi connectivity index (χ1v) is 21.0. The van der Waals surface area contributed by atoms with Gasteiger partial charge in [-0.05, 0) is 74.3 Å². The fraction of sp³-hybridized carbons (Fsp3) is 0.467. The van der Waals surface area contributed by atoms with E-state index in [2.05, 4.69) is 61.3 Å². The second-order valence-electron chi connectivity index (χ2n) is 15.1. The van der Waals surface area contributed by atoms with E-state index in [0.29, 0.717) is 36.0 Å². The molecule has 0 aromatic heterocycles. The highest BCUT2D eigenvalue weighted by Crippen LogP contribution is 2.43. The fourth-order valence-electron chi connectivity index (χ4n) is 6.28. The summed E-state index contributed by atoms with van der Waals surface area (Å²) in [4.78, 5) is 46.6. The van der Waals surface area contributed by atoms with Gasteiger partial charge in [0.05, 0.1) is 34.8 Å². The molecule has 17 nitrogen and oxygen atoms in total. The first-order valence-electron chi connectivity index (χ1n) is 21.0. The molecule has 0 saturated carbocycles. The van der Waals surface area contributed by atoms with Crippen molar-refractivity contribution < 1.29 is 39.1 Å². The number of hydrogen-bond acceptors (Lipinski definition) is 13. The van der Waals surface area contributed by atoms with Crippen LogP contribution in [0.4, 0.5) is 39.8 Å². The normalized spacial score (nSPS) is 12.3. The highest BCUT2D eigenvalue weighted by Gasteiger charge is 2.22. The number of hydrogen-bond donors (Lipinski definition) is 2. The SMILES string of the molecule is C=C(CCN(CCC(=C)C(=O)O)c1ccc(/N=N/c2cc(OCC(CC)CCCC)c(/N=N/c3ccc([N+](=O)[O-])cc3[N+](=O)[O-])cc2OCC(CC)CCCC)c(C)c1)C(=O)O. The van der Waals surface area contributed by atoms with Gasteiger partial charge in [0.15, 0.2) is 5.69 Å². The Balaban J connectivity index is 2.15. The average molecular weight is 858 g/mol. The number of carboxylic acids is 2. The summed E-state index contributed by atoms with van der Waals surface area (Å²) in [6.45, 7) is 18.8. The van der Waals surface area contributed by atoms with E-state index < -0.39 is 33.2 Å². The van der Waals surface area contributed by atoms with Gasteiger partial charge in [0.25, 0.3) is 5.69 Å². The molecule has 0 amide bonds. The van der Waals surface area contributed by atoms with Crippen molar-refractivity contribution in [3.05, 3.63) is 98.6 Å². The van der Waals surface area contributed by atoms with Crippen LogP contribution in [0.15, 0.2) is 93.3 Å². The van der Waals surface area contributed by atoms with E-state index in [1.54, 1.807) is 24.3 Å². The van der Waals surface area contributed by atoms with Gasteiger partial charge in [0.1, 0.15) is 22.9 Å².